The number of hydrogen-bond donors (Lipinski definition) is 1. The number of aromatic nitrogens is 5. The number of nitrogens with zero attached hydrogens (tertiary/aromatic N) is 5. The van der Waals surface area contributed by atoms with Crippen molar-refractivity contribution in [3.8, 4) is 11.4 Å². The van der Waals surface area contributed by atoms with Gasteiger partial charge < -0.3 is 9.88 Å². The standard InChI is InChI=1S/C24H27F3N6O/c1-2-18-21(32-12-4-3-5-19(32)29-18)23(34)28-13-15-6-8-16(9-7-15)22-30-20-11-10-17(24(25,26)27)14-33(20)31-22/h6-9,17H,2-5,10-14H2,1H3,(H,28,34). The molecular formula is C24H27F3N6O. The number of amides is 1. The molecule has 180 valence electrons. The Hall–Kier alpha value is -3.17. The Labute approximate surface area is 195 Å². The van der Waals surface area contributed by atoms with E-state index in [9.17, 15) is 18.0 Å². The van der Waals surface area contributed by atoms with Gasteiger partial charge in [-0.05, 0) is 31.2 Å². The van der Waals surface area contributed by atoms with Gasteiger partial charge >= 0.3 is 6.18 Å². The van der Waals surface area contributed by atoms with Crippen molar-refractivity contribution in [2.24, 2.45) is 5.92 Å². The molecular weight excluding hydrogens is 445 g/mol. The summed E-state index contributed by atoms with van der Waals surface area (Å²) in [6, 6.07) is 7.42. The average molecular weight is 473 g/mol. The predicted molar refractivity (Wildman–Crippen MR) is 119 cm³/mol. The highest BCUT2D eigenvalue weighted by atomic mass is 19.4. The van der Waals surface area contributed by atoms with Crippen molar-refractivity contribution in [1.82, 2.24) is 29.6 Å². The van der Waals surface area contributed by atoms with E-state index in [4.69, 9.17) is 0 Å². The van der Waals surface area contributed by atoms with Crippen molar-refractivity contribution in [2.45, 2.75) is 71.3 Å². The molecule has 2 aromatic heterocycles. The van der Waals surface area contributed by atoms with E-state index in [1.54, 1.807) is 0 Å². The highest BCUT2D eigenvalue weighted by Gasteiger charge is 2.42. The molecule has 0 radical (unpaired) electrons. The fourth-order valence-corrected chi connectivity index (χ4v) is 4.77. The molecule has 0 saturated carbocycles. The van der Waals surface area contributed by atoms with E-state index in [1.165, 1.54) is 4.68 Å². The van der Waals surface area contributed by atoms with E-state index in [0.717, 1.165) is 48.5 Å². The number of alkyl halides is 3. The number of benzene rings is 1. The maximum absolute atomic E-state index is 13.1. The molecule has 0 bridgehead atoms. The van der Waals surface area contributed by atoms with Crippen LogP contribution in [0.25, 0.3) is 11.4 Å². The second kappa shape index (κ2) is 8.88. The van der Waals surface area contributed by atoms with Gasteiger partial charge in [-0.1, -0.05) is 31.2 Å². The zero-order valence-corrected chi connectivity index (χ0v) is 19.0. The normalized spacial score (nSPS) is 17.8. The molecule has 7 nitrogen and oxygen atoms in total. The second-order valence-electron chi connectivity index (χ2n) is 8.98. The summed E-state index contributed by atoms with van der Waals surface area (Å²) in [5.74, 6) is 0.503. The number of imidazole rings is 1. The molecule has 1 amide bonds. The van der Waals surface area contributed by atoms with E-state index in [1.807, 2.05) is 31.2 Å². The molecule has 1 unspecified atom stereocenters. The van der Waals surface area contributed by atoms with Crippen molar-refractivity contribution in [1.29, 1.82) is 0 Å². The predicted octanol–water partition coefficient (Wildman–Crippen LogP) is 4.10. The molecule has 4 heterocycles. The van der Waals surface area contributed by atoms with Gasteiger partial charge in [0.05, 0.1) is 18.2 Å². The molecule has 0 fully saturated rings. The van der Waals surface area contributed by atoms with Crippen LogP contribution >= 0.6 is 0 Å². The lowest BCUT2D eigenvalue weighted by atomic mass is 9.99. The summed E-state index contributed by atoms with van der Waals surface area (Å²) in [5.41, 5.74) is 3.15. The van der Waals surface area contributed by atoms with Crippen molar-refractivity contribution in [3.05, 3.63) is 52.9 Å². The second-order valence-corrected chi connectivity index (χ2v) is 8.98. The number of fused-ring (bicyclic) bond motifs is 2. The fourth-order valence-electron chi connectivity index (χ4n) is 4.77. The first-order valence-electron chi connectivity index (χ1n) is 11.8. The molecule has 5 rings (SSSR count). The third-order valence-electron chi connectivity index (χ3n) is 6.69. The zero-order chi connectivity index (χ0) is 23.9. The summed E-state index contributed by atoms with van der Waals surface area (Å²) in [5, 5.41) is 7.31. The van der Waals surface area contributed by atoms with Gasteiger partial charge in [0.25, 0.3) is 5.91 Å². The van der Waals surface area contributed by atoms with Crippen LogP contribution in [-0.4, -0.2) is 36.4 Å². The first-order valence-corrected chi connectivity index (χ1v) is 11.8. The van der Waals surface area contributed by atoms with Crippen LogP contribution in [0, 0.1) is 5.92 Å². The molecule has 2 aliphatic rings. The smallest absolute Gasteiger partial charge is 0.347 e. The van der Waals surface area contributed by atoms with Crippen molar-refractivity contribution < 1.29 is 18.0 Å². The van der Waals surface area contributed by atoms with Gasteiger partial charge in [-0.25, -0.2) is 14.6 Å². The highest BCUT2D eigenvalue weighted by molar-refractivity contribution is 5.94. The molecule has 0 spiro atoms. The van der Waals surface area contributed by atoms with E-state index < -0.39 is 12.1 Å². The summed E-state index contributed by atoms with van der Waals surface area (Å²) >= 11 is 0. The molecule has 34 heavy (non-hydrogen) atoms. The fraction of sp³-hybridized carbons (Fsp3) is 0.500. The van der Waals surface area contributed by atoms with Crippen LogP contribution < -0.4 is 5.32 Å². The van der Waals surface area contributed by atoms with Gasteiger partial charge in [0.2, 0.25) is 0 Å². The zero-order valence-electron chi connectivity index (χ0n) is 19.0. The molecule has 1 atom stereocenters. The largest absolute Gasteiger partial charge is 0.393 e. The number of rotatable bonds is 5. The first kappa shape index (κ1) is 22.6. The number of halogens is 3. The minimum Gasteiger partial charge on any atom is -0.347 e. The van der Waals surface area contributed by atoms with Crippen LogP contribution in [0.15, 0.2) is 24.3 Å². The lowest BCUT2D eigenvalue weighted by molar-refractivity contribution is -0.182. The van der Waals surface area contributed by atoms with E-state index in [2.05, 4.69) is 25.0 Å². The lowest BCUT2D eigenvalue weighted by Crippen LogP contribution is -2.32. The maximum atomic E-state index is 13.1. The number of carbonyl (C=O) groups excluding carboxylic acids is 1. The van der Waals surface area contributed by atoms with Crippen LogP contribution in [0.1, 0.15) is 59.6 Å². The number of aryl methyl sites for hydroxylation is 3. The summed E-state index contributed by atoms with van der Waals surface area (Å²) in [6.45, 7) is 3.01. The number of carbonyl (C=O) groups is 1. The van der Waals surface area contributed by atoms with Crippen LogP contribution in [0.3, 0.4) is 0 Å². The minimum absolute atomic E-state index is 0.0421. The van der Waals surface area contributed by atoms with Gasteiger partial charge in [0, 0.05) is 31.5 Å². The van der Waals surface area contributed by atoms with Crippen molar-refractivity contribution in [2.75, 3.05) is 0 Å². The van der Waals surface area contributed by atoms with E-state index in [0.29, 0.717) is 30.3 Å². The Kier molecular flexibility index (Phi) is 5.91. The Morgan fingerprint density at radius 2 is 1.91 bits per heavy atom. The molecule has 3 aromatic rings. The Morgan fingerprint density at radius 1 is 1.12 bits per heavy atom. The third-order valence-corrected chi connectivity index (χ3v) is 6.69. The van der Waals surface area contributed by atoms with Crippen molar-refractivity contribution >= 4 is 5.91 Å². The minimum atomic E-state index is -4.22. The summed E-state index contributed by atoms with van der Waals surface area (Å²) in [7, 11) is 0. The van der Waals surface area contributed by atoms with Crippen LogP contribution in [-0.2, 0) is 38.9 Å². The van der Waals surface area contributed by atoms with Gasteiger partial charge in [-0.2, -0.15) is 18.3 Å². The number of nitrogens with one attached hydrogen (secondary N) is 1. The van der Waals surface area contributed by atoms with Gasteiger partial charge in [0.15, 0.2) is 5.82 Å². The molecule has 0 saturated heterocycles. The van der Waals surface area contributed by atoms with E-state index >= 15 is 0 Å². The van der Waals surface area contributed by atoms with Crippen molar-refractivity contribution in [3.63, 3.8) is 0 Å². The summed E-state index contributed by atoms with van der Waals surface area (Å²) in [4.78, 5) is 22.1. The molecule has 10 heteroatoms. The van der Waals surface area contributed by atoms with Crippen LogP contribution in [0.2, 0.25) is 0 Å². The lowest BCUT2D eigenvalue weighted by Gasteiger charge is -2.24. The third kappa shape index (κ3) is 4.33. The van der Waals surface area contributed by atoms with Gasteiger partial charge in [-0.15, -0.1) is 0 Å². The quantitative estimate of drug-likeness (QED) is 0.607. The molecule has 2 aliphatic heterocycles. The van der Waals surface area contributed by atoms with E-state index in [-0.39, 0.29) is 25.3 Å². The summed E-state index contributed by atoms with van der Waals surface area (Å²) < 4.78 is 42.6. The van der Waals surface area contributed by atoms with Gasteiger partial charge in [-0.3, -0.25) is 4.79 Å². The highest BCUT2D eigenvalue weighted by Crippen LogP contribution is 2.34. The van der Waals surface area contributed by atoms with Crippen LogP contribution in [0.4, 0.5) is 13.2 Å². The molecule has 0 aliphatic carbocycles. The summed E-state index contributed by atoms with van der Waals surface area (Å²) in [6.07, 6.45) is -0.140. The maximum Gasteiger partial charge on any atom is 0.393 e. The molecule has 1 aromatic carbocycles. The monoisotopic (exact) mass is 472 g/mol. The molecule has 1 N–H and O–H groups in total. The number of hydrogen-bond acceptors (Lipinski definition) is 4. The van der Waals surface area contributed by atoms with Crippen LogP contribution in [0.5, 0.6) is 0 Å². The average Bonchev–Trinajstić information content (AvgIpc) is 3.43. The topological polar surface area (TPSA) is 77.6 Å². The Bertz CT molecular complexity index is 1190. The first-order chi connectivity index (χ1) is 16.3. The Balaban J connectivity index is 1.25. The van der Waals surface area contributed by atoms with Gasteiger partial charge in [0.1, 0.15) is 17.3 Å². The Morgan fingerprint density at radius 3 is 2.65 bits per heavy atom. The SMILES string of the molecule is CCc1nc2n(c1C(=O)NCc1ccc(-c3nc4n(n3)CC(C(F)(F)F)CC4)cc1)CCCC2.